The van der Waals surface area contributed by atoms with E-state index in [9.17, 15) is 8.42 Å². The first-order chi connectivity index (χ1) is 6.56. The molecule has 0 aromatic carbocycles. The summed E-state index contributed by atoms with van der Waals surface area (Å²) in [5.74, 6) is 0.545. The molecule has 0 amide bonds. The van der Waals surface area contributed by atoms with Crippen molar-refractivity contribution in [3.8, 4) is 0 Å². The highest BCUT2D eigenvalue weighted by Gasteiger charge is 2.26. The average Bonchev–Trinajstić information content (AvgIpc) is 2.11. The quantitative estimate of drug-likeness (QED) is 0.771. The molecule has 0 aliphatic heterocycles. The van der Waals surface area contributed by atoms with E-state index in [2.05, 4.69) is 11.6 Å². The van der Waals surface area contributed by atoms with Gasteiger partial charge in [-0.15, -0.1) is 0 Å². The average molecular weight is 219 g/mol. The van der Waals surface area contributed by atoms with Gasteiger partial charge in [-0.05, 0) is 25.8 Å². The second-order valence-corrected chi connectivity index (χ2v) is 6.51. The molecule has 1 saturated carbocycles. The van der Waals surface area contributed by atoms with E-state index in [1.807, 2.05) is 0 Å². The third kappa shape index (κ3) is 3.24. The lowest BCUT2D eigenvalue weighted by molar-refractivity contribution is 0.399. The van der Waals surface area contributed by atoms with Gasteiger partial charge >= 0.3 is 0 Å². The van der Waals surface area contributed by atoms with Gasteiger partial charge in [0.25, 0.3) is 0 Å². The predicted octanol–water partition coefficient (Wildman–Crippen LogP) is 1.89. The minimum absolute atomic E-state index is 0.164. The van der Waals surface area contributed by atoms with Crippen LogP contribution in [0.1, 0.15) is 45.4 Å². The first-order valence-corrected chi connectivity index (χ1v) is 7.03. The van der Waals surface area contributed by atoms with E-state index < -0.39 is 10.0 Å². The van der Waals surface area contributed by atoms with Crippen molar-refractivity contribution in [3.63, 3.8) is 0 Å². The molecule has 84 valence electrons. The Kier molecular flexibility index (Phi) is 4.38. The fraction of sp³-hybridized carbons (Fsp3) is 1.00. The molecule has 0 aromatic heterocycles. The fourth-order valence-corrected chi connectivity index (χ4v) is 3.57. The Bertz CT molecular complexity index is 261. The zero-order valence-corrected chi connectivity index (χ0v) is 9.94. The molecule has 1 aliphatic rings. The molecule has 1 aliphatic carbocycles. The highest BCUT2D eigenvalue weighted by atomic mass is 32.2. The normalized spacial score (nSPS) is 30.7. The summed E-state index contributed by atoms with van der Waals surface area (Å²) in [5.41, 5.74) is 0. The predicted molar refractivity (Wildman–Crippen MR) is 58.6 cm³/mol. The molecule has 1 N–H and O–H groups in total. The molecule has 2 atom stereocenters. The molecule has 0 aromatic rings. The summed E-state index contributed by atoms with van der Waals surface area (Å²) >= 11 is 0. The van der Waals surface area contributed by atoms with Crippen molar-refractivity contribution in [3.05, 3.63) is 0 Å². The number of hydrogen-bond donors (Lipinski definition) is 1. The lowest BCUT2D eigenvalue weighted by Crippen LogP contribution is -2.33. The topological polar surface area (TPSA) is 46.2 Å². The molecule has 2 unspecified atom stereocenters. The minimum atomic E-state index is -3.04. The van der Waals surface area contributed by atoms with Crippen molar-refractivity contribution in [2.75, 3.05) is 7.05 Å². The molecule has 14 heavy (non-hydrogen) atoms. The summed E-state index contributed by atoms with van der Waals surface area (Å²) in [7, 11) is -1.53. The zero-order chi connectivity index (χ0) is 10.6. The molecule has 1 rings (SSSR count). The van der Waals surface area contributed by atoms with Crippen molar-refractivity contribution in [1.82, 2.24) is 4.72 Å². The van der Waals surface area contributed by atoms with E-state index in [4.69, 9.17) is 0 Å². The Morgan fingerprint density at radius 2 is 1.79 bits per heavy atom. The van der Waals surface area contributed by atoms with E-state index in [1.54, 1.807) is 0 Å². The van der Waals surface area contributed by atoms with Crippen LogP contribution >= 0.6 is 0 Å². The first kappa shape index (κ1) is 12.0. The van der Waals surface area contributed by atoms with Crippen LogP contribution in [-0.4, -0.2) is 20.7 Å². The minimum Gasteiger partial charge on any atom is -0.218 e. The Balaban J connectivity index is 2.65. The monoisotopic (exact) mass is 219 g/mol. The van der Waals surface area contributed by atoms with Gasteiger partial charge in [-0.1, -0.05) is 32.6 Å². The van der Waals surface area contributed by atoms with Crippen LogP contribution < -0.4 is 4.72 Å². The third-order valence-corrected chi connectivity index (χ3v) is 4.99. The van der Waals surface area contributed by atoms with Crippen LogP contribution in [0.2, 0.25) is 0 Å². The van der Waals surface area contributed by atoms with Gasteiger partial charge < -0.3 is 0 Å². The zero-order valence-electron chi connectivity index (χ0n) is 9.12. The molecule has 0 bridgehead atoms. The van der Waals surface area contributed by atoms with Crippen LogP contribution in [0.15, 0.2) is 0 Å². The van der Waals surface area contributed by atoms with Gasteiger partial charge in [-0.25, -0.2) is 13.1 Å². The van der Waals surface area contributed by atoms with Crippen LogP contribution in [-0.2, 0) is 10.0 Å². The van der Waals surface area contributed by atoms with E-state index >= 15 is 0 Å². The van der Waals surface area contributed by atoms with E-state index in [0.717, 1.165) is 19.3 Å². The molecule has 0 radical (unpaired) electrons. The second kappa shape index (κ2) is 5.12. The molecule has 0 spiro atoms. The Morgan fingerprint density at radius 1 is 1.14 bits per heavy atom. The highest BCUT2D eigenvalue weighted by molar-refractivity contribution is 7.90. The molecular weight excluding hydrogens is 198 g/mol. The summed E-state index contributed by atoms with van der Waals surface area (Å²) in [5, 5.41) is -0.164. The van der Waals surface area contributed by atoms with E-state index in [1.165, 1.54) is 26.3 Å². The van der Waals surface area contributed by atoms with Gasteiger partial charge in [0.2, 0.25) is 10.0 Å². The largest absolute Gasteiger partial charge is 0.218 e. The number of hydrogen-bond acceptors (Lipinski definition) is 2. The Hall–Kier alpha value is -0.0900. The van der Waals surface area contributed by atoms with Crippen LogP contribution in [0.3, 0.4) is 0 Å². The first-order valence-electron chi connectivity index (χ1n) is 5.48. The van der Waals surface area contributed by atoms with Gasteiger partial charge in [0.1, 0.15) is 0 Å². The highest BCUT2D eigenvalue weighted by Crippen LogP contribution is 2.25. The smallest absolute Gasteiger partial charge is 0.214 e. The maximum atomic E-state index is 11.7. The lowest BCUT2D eigenvalue weighted by Gasteiger charge is -2.23. The fourth-order valence-electron chi connectivity index (χ4n) is 2.17. The Labute approximate surface area is 87.3 Å². The third-order valence-electron chi connectivity index (χ3n) is 3.11. The summed E-state index contributed by atoms with van der Waals surface area (Å²) < 4.78 is 25.8. The summed E-state index contributed by atoms with van der Waals surface area (Å²) in [4.78, 5) is 0. The number of sulfonamides is 1. The lowest BCUT2D eigenvalue weighted by atomic mass is 9.92. The molecule has 3 nitrogen and oxygen atoms in total. The SMILES string of the molecule is CNS(=O)(=O)C1CCCCCC(C)C1. The molecule has 4 heteroatoms. The van der Waals surface area contributed by atoms with Crippen LogP contribution in [0.5, 0.6) is 0 Å². The van der Waals surface area contributed by atoms with Gasteiger partial charge in [0.05, 0.1) is 5.25 Å². The maximum Gasteiger partial charge on any atom is 0.214 e. The number of nitrogens with one attached hydrogen (secondary N) is 1. The van der Waals surface area contributed by atoms with Gasteiger partial charge in [-0.2, -0.15) is 0 Å². The maximum absolute atomic E-state index is 11.7. The van der Waals surface area contributed by atoms with Crippen molar-refractivity contribution in [2.24, 2.45) is 5.92 Å². The number of rotatable bonds is 2. The van der Waals surface area contributed by atoms with Crippen molar-refractivity contribution >= 4 is 10.0 Å². The molecule has 0 heterocycles. The summed E-state index contributed by atoms with van der Waals surface area (Å²) in [6.07, 6.45) is 6.32. The van der Waals surface area contributed by atoms with Crippen molar-refractivity contribution in [1.29, 1.82) is 0 Å². The Morgan fingerprint density at radius 3 is 2.43 bits per heavy atom. The summed E-state index contributed by atoms with van der Waals surface area (Å²) in [6.45, 7) is 2.16. The van der Waals surface area contributed by atoms with Crippen LogP contribution in [0, 0.1) is 5.92 Å². The van der Waals surface area contributed by atoms with Crippen LogP contribution in [0.4, 0.5) is 0 Å². The standard InChI is InChI=1S/C10H21NO2S/c1-9-6-4-3-5-7-10(8-9)14(12,13)11-2/h9-11H,3-8H2,1-2H3. The summed E-state index contributed by atoms with van der Waals surface area (Å²) in [6, 6.07) is 0. The van der Waals surface area contributed by atoms with E-state index in [0.29, 0.717) is 5.92 Å². The molecule has 0 saturated heterocycles. The van der Waals surface area contributed by atoms with Gasteiger partial charge in [0, 0.05) is 0 Å². The van der Waals surface area contributed by atoms with Gasteiger partial charge in [-0.3, -0.25) is 0 Å². The van der Waals surface area contributed by atoms with Gasteiger partial charge in [0.15, 0.2) is 0 Å². The van der Waals surface area contributed by atoms with Crippen molar-refractivity contribution < 1.29 is 8.42 Å². The van der Waals surface area contributed by atoms with Crippen LogP contribution in [0.25, 0.3) is 0 Å². The van der Waals surface area contributed by atoms with Crippen molar-refractivity contribution in [2.45, 2.75) is 50.7 Å². The van der Waals surface area contributed by atoms with E-state index in [-0.39, 0.29) is 5.25 Å². The molecular formula is C10H21NO2S. The second-order valence-electron chi connectivity index (χ2n) is 4.35. The molecule has 1 fully saturated rings.